The molecule has 0 spiro atoms. The van der Waals surface area contributed by atoms with Crippen molar-refractivity contribution in [3.05, 3.63) is 71.5 Å². The van der Waals surface area contributed by atoms with Crippen molar-refractivity contribution in [3.63, 3.8) is 0 Å². The Morgan fingerprint density at radius 1 is 1.15 bits per heavy atom. The van der Waals surface area contributed by atoms with Gasteiger partial charge in [-0.15, -0.1) is 0 Å². The minimum atomic E-state index is -0.138. The molecule has 0 aromatic heterocycles. The van der Waals surface area contributed by atoms with Crippen molar-refractivity contribution < 1.29 is 4.39 Å². The molecule has 2 aromatic carbocycles. The Bertz CT molecular complexity index is 567. The highest BCUT2D eigenvalue weighted by Gasteiger charge is 2.43. The summed E-state index contributed by atoms with van der Waals surface area (Å²) >= 11 is 0. The zero-order valence-electron chi connectivity index (χ0n) is 11.7. The van der Waals surface area contributed by atoms with Crippen molar-refractivity contribution in [1.82, 2.24) is 5.32 Å². The van der Waals surface area contributed by atoms with E-state index in [9.17, 15) is 4.39 Å². The molecule has 2 aromatic rings. The molecule has 3 rings (SSSR count). The van der Waals surface area contributed by atoms with Crippen molar-refractivity contribution in [3.8, 4) is 0 Å². The van der Waals surface area contributed by atoms with Crippen molar-refractivity contribution >= 4 is 0 Å². The van der Waals surface area contributed by atoms with E-state index >= 15 is 0 Å². The van der Waals surface area contributed by atoms with E-state index in [-0.39, 0.29) is 5.82 Å². The molecule has 3 unspecified atom stereocenters. The van der Waals surface area contributed by atoms with Crippen LogP contribution in [0.3, 0.4) is 0 Å². The van der Waals surface area contributed by atoms with Crippen molar-refractivity contribution in [2.24, 2.45) is 5.92 Å². The van der Waals surface area contributed by atoms with Crippen LogP contribution in [0.4, 0.5) is 4.39 Å². The second-order valence-corrected chi connectivity index (χ2v) is 5.64. The maximum atomic E-state index is 13.5. The normalized spacial score (nSPS) is 22.5. The lowest BCUT2D eigenvalue weighted by molar-refractivity contribution is 0.548. The molecular weight excluding hydrogens is 249 g/mol. The molecular formula is C18H20FN. The fraction of sp³-hybridized carbons (Fsp3) is 0.333. The SMILES string of the molecule is CNCC(c1cccc(F)c1)C1CC1c1ccccc1. The summed E-state index contributed by atoms with van der Waals surface area (Å²) in [5.74, 6) is 1.49. The Balaban J connectivity index is 1.80. The summed E-state index contributed by atoms with van der Waals surface area (Å²) in [6, 6.07) is 17.7. The molecule has 0 amide bonds. The Kier molecular flexibility index (Phi) is 3.83. The van der Waals surface area contributed by atoms with Gasteiger partial charge < -0.3 is 5.32 Å². The summed E-state index contributed by atoms with van der Waals surface area (Å²) in [4.78, 5) is 0. The molecule has 20 heavy (non-hydrogen) atoms. The molecule has 0 bridgehead atoms. The molecule has 0 radical (unpaired) electrons. The number of likely N-dealkylation sites (N-methyl/N-ethyl adjacent to an activating group) is 1. The molecule has 3 atom stereocenters. The highest BCUT2D eigenvalue weighted by Crippen LogP contribution is 2.54. The fourth-order valence-electron chi connectivity index (χ4n) is 3.22. The van der Waals surface area contributed by atoms with Gasteiger partial charge in [0.25, 0.3) is 0 Å². The first-order valence-electron chi connectivity index (χ1n) is 7.24. The summed E-state index contributed by atoms with van der Waals surface area (Å²) in [5, 5.41) is 3.26. The van der Waals surface area contributed by atoms with Crippen LogP contribution in [-0.2, 0) is 0 Å². The van der Waals surface area contributed by atoms with E-state index in [1.807, 2.05) is 19.2 Å². The highest BCUT2D eigenvalue weighted by atomic mass is 19.1. The van der Waals surface area contributed by atoms with Crippen LogP contribution in [0.1, 0.15) is 29.4 Å². The lowest BCUT2D eigenvalue weighted by Crippen LogP contribution is -2.19. The van der Waals surface area contributed by atoms with Crippen LogP contribution < -0.4 is 5.32 Å². The Morgan fingerprint density at radius 2 is 1.95 bits per heavy atom. The van der Waals surface area contributed by atoms with Crippen LogP contribution in [0.2, 0.25) is 0 Å². The fourth-order valence-corrected chi connectivity index (χ4v) is 3.22. The second-order valence-electron chi connectivity index (χ2n) is 5.64. The van der Waals surface area contributed by atoms with E-state index in [1.54, 1.807) is 6.07 Å². The lowest BCUT2D eigenvalue weighted by atomic mass is 9.91. The number of benzene rings is 2. The summed E-state index contributed by atoms with van der Waals surface area (Å²) in [6.07, 6.45) is 1.20. The minimum Gasteiger partial charge on any atom is -0.319 e. The number of nitrogens with one attached hydrogen (secondary N) is 1. The van der Waals surface area contributed by atoms with Crippen LogP contribution >= 0.6 is 0 Å². The van der Waals surface area contributed by atoms with E-state index in [1.165, 1.54) is 18.1 Å². The quantitative estimate of drug-likeness (QED) is 0.867. The smallest absolute Gasteiger partial charge is 0.123 e. The molecule has 1 N–H and O–H groups in total. The van der Waals surface area contributed by atoms with E-state index in [0.29, 0.717) is 17.8 Å². The number of hydrogen-bond donors (Lipinski definition) is 1. The molecule has 0 heterocycles. The van der Waals surface area contributed by atoms with Gasteiger partial charge in [0, 0.05) is 6.54 Å². The average Bonchev–Trinajstić information content (AvgIpc) is 3.26. The topological polar surface area (TPSA) is 12.0 Å². The van der Waals surface area contributed by atoms with E-state index < -0.39 is 0 Å². The van der Waals surface area contributed by atoms with Gasteiger partial charge >= 0.3 is 0 Å². The van der Waals surface area contributed by atoms with E-state index in [4.69, 9.17) is 0 Å². The van der Waals surface area contributed by atoms with Crippen LogP contribution in [0.25, 0.3) is 0 Å². The van der Waals surface area contributed by atoms with Gasteiger partial charge in [0.2, 0.25) is 0 Å². The van der Waals surface area contributed by atoms with Crippen LogP contribution in [0, 0.1) is 11.7 Å². The van der Waals surface area contributed by atoms with Crippen molar-refractivity contribution in [2.75, 3.05) is 13.6 Å². The minimum absolute atomic E-state index is 0.138. The van der Waals surface area contributed by atoms with Crippen LogP contribution in [0.15, 0.2) is 54.6 Å². The summed E-state index contributed by atoms with van der Waals surface area (Å²) in [5.41, 5.74) is 2.53. The number of rotatable bonds is 5. The predicted molar refractivity (Wildman–Crippen MR) is 80.4 cm³/mol. The summed E-state index contributed by atoms with van der Waals surface area (Å²) < 4.78 is 13.5. The van der Waals surface area contributed by atoms with Crippen molar-refractivity contribution in [1.29, 1.82) is 0 Å². The van der Waals surface area contributed by atoms with E-state index in [2.05, 4.69) is 35.6 Å². The van der Waals surface area contributed by atoms with Gasteiger partial charge in [0.05, 0.1) is 0 Å². The predicted octanol–water partition coefficient (Wildman–Crippen LogP) is 3.93. The first-order chi connectivity index (χ1) is 9.79. The van der Waals surface area contributed by atoms with Gasteiger partial charge in [0.15, 0.2) is 0 Å². The molecule has 1 aliphatic rings. The molecule has 0 aliphatic heterocycles. The zero-order chi connectivity index (χ0) is 13.9. The molecule has 1 aliphatic carbocycles. The molecule has 104 valence electrons. The van der Waals surface area contributed by atoms with Gasteiger partial charge in [-0.3, -0.25) is 0 Å². The second kappa shape index (κ2) is 5.76. The first kappa shape index (κ1) is 13.3. The van der Waals surface area contributed by atoms with Gasteiger partial charge in [-0.1, -0.05) is 42.5 Å². The molecule has 2 heteroatoms. The van der Waals surface area contributed by atoms with E-state index in [0.717, 1.165) is 12.1 Å². The van der Waals surface area contributed by atoms with Gasteiger partial charge in [0.1, 0.15) is 5.82 Å². The maximum absolute atomic E-state index is 13.5. The third-order valence-corrected chi connectivity index (χ3v) is 4.29. The number of halogens is 1. The van der Waals surface area contributed by atoms with Crippen LogP contribution in [0.5, 0.6) is 0 Å². The molecule has 1 fully saturated rings. The van der Waals surface area contributed by atoms with Crippen LogP contribution in [-0.4, -0.2) is 13.6 Å². The highest BCUT2D eigenvalue weighted by molar-refractivity contribution is 5.31. The zero-order valence-corrected chi connectivity index (χ0v) is 11.7. The summed E-state index contributed by atoms with van der Waals surface area (Å²) in [7, 11) is 1.96. The summed E-state index contributed by atoms with van der Waals surface area (Å²) in [6.45, 7) is 0.900. The number of hydrogen-bond acceptors (Lipinski definition) is 1. The van der Waals surface area contributed by atoms with Crippen molar-refractivity contribution in [2.45, 2.75) is 18.3 Å². The lowest BCUT2D eigenvalue weighted by Gasteiger charge is -2.17. The van der Waals surface area contributed by atoms with Gasteiger partial charge in [-0.05, 0) is 54.5 Å². The third kappa shape index (κ3) is 2.75. The molecule has 1 saturated carbocycles. The Hall–Kier alpha value is -1.67. The molecule has 0 saturated heterocycles. The average molecular weight is 269 g/mol. The molecule has 1 nitrogen and oxygen atoms in total. The largest absolute Gasteiger partial charge is 0.319 e. The van der Waals surface area contributed by atoms with Gasteiger partial charge in [-0.25, -0.2) is 4.39 Å². The third-order valence-electron chi connectivity index (χ3n) is 4.29. The monoisotopic (exact) mass is 269 g/mol. The maximum Gasteiger partial charge on any atom is 0.123 e. The Labute approximate surface area is 119 Å². The first-order valence-corrected chi connectivity index (χ1v) is 7.24. The standard InChI is InChI=1S/C18H20FN/c1-20-12-18(14-8-5-9-15(19)10-14)17-11-16(17)13-6-3-2-4-7-13/h2-10,16-18,20H,11-12H2,1H3. The Morgan fingerprint density at radius 3 is 2.65 bits per heavy atom. The van der Waals surface area contributed by atoms with Gasteiger partial charge in [-0.2, -0.15) is 0 Å².